The summed E-state index contributed by atoms with van der Waals surface area (Å²) >= 11 is 0. The molecule has 3 nitrogen and oxygen atoms in total. The molecule has 2 aromatic carbocycles. The van der Waals surface area contributed by atoms with Crippen molar-refractivity contribution < 1.29 is 9.79 Å². The van der Waals surface area contributed by atoms with E-state index in [4.69, 9.17) is 0 Å². The van der Waals surface area contributed by atoms with Crippen LogP contribution in [0.15, 0.2) is 60.7 Å². The number of rotatable bonds is 5. The zero-order chi connectivity index (χ0) is 16.1. The molecule has 3 rings (SSSR count). The van der Waals surface area contributed by atoms with Crippen molar-refractivity contribution in [1.29, 1.82) is 0 Å². The van der Waals surface area contributed by atoms with Gasteiger partial charge in [-0.2, -0.15) is 0 Å². The van der Waals surface area contributed by atoms with E-state index in [0.717, 1.165) is 36.8 Å². The highest BCUT2D eigenvalue weighted by atomic mass is 31.2. The van der Waals surface area contributed by atoms with E-state index < -0.39 is 13.7 Å². The molecule has 0 bridgehead atoms. The van der Waals surface area contributed by atoms with Gasteiger partial charge in [0.05, 0.1) is 11.3 Å². The average molecular weight is 329 g/mol. The Kier molecular flexibility index (Phi) is 5.45. The molecule has 0 amide bonds. The molecular formula is C19H24NO2P. The Labute approximate surface area is 139 Å². The van der Waals surface area contributed by atoms with Crippen molar-refractivity contribution in [3.05, 3.63) is 71.8 Å². The lowest BCUT2D eigenvalue weighted by molar-refractivity contribution is 0.271. The van der Waals surface area contributed by atoms with Gasteiger partial charge in [0.1, 0.15) is 0 Å². The average Bonchev–Trinajstić information content (AvgIpc) is 2.62. The smallest absolute Gasteiger partial charge is 0.186 e. The Hall–Kier alpha value is -1.25. The summed E-state index contributed by atoms with van der Waals surface area (Å²) in [5.41, 5.74) is 2.31. The lowest BCUT2D eigenvalue weighted by Crippen LogP contribution is -2.47. The van der Waals surface area contributed by atoms with Gasteiger partial charge in [-0.3, -0.25) is 5.32 Å². The fourth-order valence-electron chi connectivity index (χ4n) is 3.46. The summed E-state index contributed by atoms with van der Waals surface area (Å²) in [6, 6.07) is 20.5. The second kappa shape index (κ2) is 7.55. The van der Waals surface area contributed by atoms with E-state index in [1.165, 1.54) is 6.42 Å². The van der Waals surface area contributed by atoms with Gasteiger partial charge in [0, 0.05) is 0 Å². The molecule has 0 radical (unpaired) electrons. The molecule has 23 heavy (non-hydrogen) atoms. The van der Waals surface area contributed by atoms with Gasteiger partial charge in [0.2, 0.25) is 0 Å². The fraction of sp³-hybridized carbons (Fsp3) is 0.368. The summed E-state index contributed by atoms with van der Waals surface area (Å²) in [6.45, 7) is 0. The van der Waals surface area contributed by atoms with Gasteiger partial charge in [-0.1, -0.05) is 79.9 Å². The minimum absolute atomic E-state index is 0.0280. The Balaban J connectivity index is 1.95. The summed E-state index contributed by atoms with van der Waals surface area (Å²) in [6.07, 6.45) is 4.91. The number of hydrogen-bond acceptors (Lipinski definition) is 3. The molecule has 1 aliphatic carbocycles. The topological polar surface area (TPSA) is 52.5 Å². The molecule has 1 aliphatic rings. The Bertz CT molecular complexity index is 558. The first-order valence-corrected chi connectivity index (χ1v) is 9.52. The molecular weight excluding hydrogens is 305 g/mol. The maximum Gasteiger partial charge on any atom is 0.186 e. The van der Waals surface area contributed by atoms with Crippen molar-refractivity contribution in [3.63, 3.8) is 0 Å². The van der Waals surface area contributed by atoms with E-state index in [1.54, 1.807) is 0 Å². The van der Waals surface area contributed by atoms with Gasteiger partial charge in [-0.05, 0) is 24.0 Å². The van der Waals surface area contributed by atoms with Crippen molar-refractivity contribution in [2.24, 2.45) is 0 Å². The maximum atomic E-state index is 10.1. The number of hydrogen-bond donors (Lipinski definition) is 3. The summed E-state index contributed by atoms with van der Waals surface area (Å²) < 4.78 is 0. The maximum absolute atomic E-state index is 10.1. The molecule has 122 valence electrons. The predicted molar refractivity (Wildman–Crippen MR) is 95.0 cm³/mol. The Morgan fingerprint density at radius 3 is 1.70 bits per heavy atom. The minimum Gasteiger partial charge on any atom is -0.349 e. The molecule has 0 atom stereocenters. The Morgan fingerprint density at radius 2 is 1.26 bits per heavy atom. The van der Waals surface area contributed by atoms with E-state index in [2.05, 4.69) is 29.6 Å². The van der Waals surface area contributed by atoms with Crippen LogP contribution in [0.25, 0.3) is 0 Å². The van der Waals surface area contributed by atoms with Crippen molar-refractivity contribution in [1.82, 2.24) is 5.32 Å². The molecule has 0 aliphatic heterocycles. The van der Waals surface area contributed by atoms with Gasteiger partial charge in [-0.25, -0.2) is 0 Å². The standard InChI is InChI=1S/C19H24NO2P/c21-23(22)19(14-8-3-9-15-19)20-18(16-10-4-1-5-11-16)17-12-6-2-7-13-17/h1-2,4-7,10-13,18,20-22H,3,8-9,14-15H2. The largest absolute Gasteiger partial charge is 0.349 e. The van der Waals surface area contributed by atoms with Crippen molar-refractivity contribution in [2.45, 2.75) is 43.4 Å². The van der Waals surface area contributed by atoms with Gasteiger partial charge >= 0.3 is 0 Å². The molecule has 0 heterocycles. The van der Waals surface area contributed by atoms with Crippen LogP contribution < -0.4 is 5.32 Å². The monoisotopic (exact) mass is 329 g/mol. The van der Waals surface area contributed by atoms with Crippen LogP contribution in [0.2, 0.25) is 0 Å². The van der Waals surface area contributed by atoms with Crippen LogP contribution in [-0.4, -0.2) is 15.1 Å². The van der Waals surface area contributed by atoms with Gasteiger partial charge in [-0.15, -0.1) is 0 Å². The van der Waals surface area contributed by atoms with Crippen molar-refractivity contribution in [2.75, 3.05) is 0 Å². The molecule has 4 heteroatoms. The van der Waals surface area contributed by atoms with Crippen LogP contribution in [0.5, 0.6) is 0 Å². The first kappa shape index (κ1) is 16.6. The van der Waals surface area contributed by atoms with Crippen LogP contribution in [0.1, 0.15) is 49.3 Å². The fourth-order valence-corrected chi connectivity index (χ4v) is 4.42. The molecule has 0 aromatic heterocycles. The SMILES string of the molecule is OP(O)C1(NC(c2ccccc2)c2ccccc2)CCCCC1. The third-order valence-electron chi connectivity index (χ3n) is 4.74. The first-order chi connectivity index (χ1) is 11.2. The molecule has 3 N–H and O–H groups in total. The van der Waals surface area contributed by atoms with Crippen LogP contribution in [0, 0.1) is 0 Å². The zero-order valence-corrected chi connectivity index (χ0v) is 14.1. The van der Waals surface area contributed by atoms with E-state index in [1.807, 2.05) is 36.4 Å². The molecule has 0 unspecified atom stereocenters. The van der Waals surface area contributed by atoms with E-state index in [9.17, 15) is 9.79 Å². The first-order valence-electron chi connectivity index (χ1n) is 8.27. The highest BCUT2D eigenvalue weighted by Gasteiger charge is 2.41. The number of benzene rings is 2. The molecule has 0 saturated heterocycles. The summed E-state index contributed by atoms with van der Waals surface area (Å²) in [4.78, 5) is 20.3. The normalized spacial score (nSPS) is 17.6. The van der Waals surface area contributed by atoms with E-state index in [-0.39, 0.29) is 6.04 Å². The van der Waals surface area contributed by atoms with E-state index in [0.29, 0.717) is 0 Å². The lowest BCUT2D eigenvalue weighted by atomic mass is 9.91. The highest BCUT2D eigenvalue weighted by molar-refractivity contribution is 7.46. The molecule has 0 spiro atoms. The highest BCUT2D eigenvalue weighted by Crippen LogP contribution is 2.50. The zero-order valence-electron chi connectivity index (χ0n) is 13.2. The second-order valence-electron chi connectivity index (χ2n) is 6.28. The van der Waals surface area contributed by atoms with Crippen LogP contribution in [-0.2, 0) is 0 Å². The van der Waals surface area contributed by atoms with Crippen LogP contribution in [0.3, 0.4) is 0 Å². The quantitative estimate of drug-likeness (QED) is 0.716. The molecule has 1 fully saturated rings. The second-order valence-corrected chi connectivity index (χ2v) is 7.72. The van der Waals surface area contributed by atoms with Crippen LogP contribution >= 0.6 is 8.38 Å². The predicted octanol–water partition coefficient (Wildman–Crippen LogP) is 4.32. The third-order valence-corrected chi connectivity index (χ3v) is 6.08. The van der Waals surface area contributed by atoms with E-state index >= 15 is 0 Å². The number of nitrogens with one attached hydrogen (secondary N) is 1. The van der Waals surface area contributed by atoms with Gasteiger partial charge < -0.3 is 9.79 Å². The molecule has 2 aromatic rings. The van der Waals surface area contributed by atoms with Crippen molar-refractivity contribution in [3.8, 4) is 0 Å². The lowest BCUT2D eigenvalue weighted by Gasteiger charge is -2.41. The van der Waals surface area contributed by atoms with Gasteiger partial charge in [0.25, 0.3) is 0 Å². The third kappa shape index (κ3) is 3.81. The molecule has 1 saturated carbocycles. The summed E-state index contributed by atoms with van der Waals surface area (Å²) in [7, 11) is -2.03. The summed E-state index contributed by atoms with van der Waals surface area (Å²) in [5.74, 6) is 0. The minimum atomic E-state index is -2.03. The summed E-state index contributed by atoms with van der Waals surface area (Å²) in [5, 5.41) is 3.06. The Morgan fingerprint density at radius 1 is 0.783 bits per heavy atom. The van der Waals surface area contributed by atoms with Crippen LogP contribution in [0.4, 0.5) is 0 Å². The van der Waals surface area contributed by atoms with Crippen molar-refractivity contribution >= 4 is 8.38 Å². The van der Waals surface area contributed by atoms with Gasteiger partial charge in [0.15, 0.2) is 8.38 Å².